The second-order valence-corrected chi connectivity index (χ2v) is 5.56. The lowest BCUT2D eigenvalue weighted by Crippen LogP contribution is -2.34. The summed E-state index contributed by atoms with van der Waals surface area (Å²) in [7, 11) is 0. The van der Waals surface area contributed by atoms with Gasteiger partial charge in [-0.05, 0) is 49.6 Å². The Hall–Kier alpha value is -1.87. The Morgan fingerprint density at radius 3 is 2.67 bits per heavy atom. The summed E-state index contributed by atoms with van der Waals surface area (Å²) < 4.78 is 13.8. The first kappa shape index (κ1) is 15.5. The summed E-state index contributed by atoms with van der Waals surface area (Å²) in [6.07, 6.45) is 0.596. The van der Waals surface area contributed by atoms with Crippen LogP contribution in [0.1, 0.15) is 28.4 Å². The van der Waals surface area contributed by atoms with Crippen LogP contribution in [0, 0.1) is 12.7 Å². The van der Waals surface area contributed by atoms with Crippen molar-refractivity contribution < 1.29 is 9.18 Å². The maximum Gasteiger partial charge on any atom is 0.254 e. The summed E-state index contributed by atoms with van der Waals surface area (Å²) in [6.45, 7) is 3.65. The molecule has 0 saturated heterocycles. The SMILES string of the molecule is Cc1ccc(C(=O)NC(C)Cc2ccccc2Cl)c(F)c1. The summed E-state index contributed by atoms with van der Waals surface area (Å²) in [5.41, 5.74) is 1.80. The number of amides is 1. The molecule has 21 heavy (non-hydrogen) atoms. The molecule has 2 aromatic carbocycles. The van der Waals surface area contributed by atoms with E-state index < -0.39 is 11.7 Å². The zero-order valence-electron chi connectivity index (χ0n) is 12.0. The fraction of sp³-hybridized carbons (Fsp3) is 0.235. The number of hydrogen-bond donors (Lipinski definition) is 1. The summed E-state index contributed by atoms with van der Waals surface area (Å²) in [6, 6.07) is 11.9. The van der Waals surface area contributed by atoms with E-state index in [1.54, 1.807) is 13.0 Å². The molecule has 0 spiro atoms. The molecule has 0 saturated carbocycles. The molecule has 0 bridgehead atoms. The van der Waals surface area contributed by atoms with Crippen LogP contribution in [0.4, 0.5) is 4.39 Å². The van der Waals surface area contributed by atoms with Crippen molar-refractivity contribution in [3.63, 3.8) is 0 Å². The van der Waals surface area contributed by atoms with Gasteiger partial charge in [0.05, 0.1) is 5.56 Å². The van der Waals surface area contributed by atoms with E-state index in [-0.39, 0.29) is 11.6 Å². The third-order valence-corrected chi connectivity index (χ3v) is 3.60. The number of aryl methyl sites for hydroxylation is 1. The number of hydrogen-bond acceptors (Lipinski definition) is 1. The predicted molar refractivity (Wildman–Crippen MR) is 83.2 cm³/mol. The van der Waals surface area contributed by atoms with E-state index >= 15 is 0 Å². The van der Waals surface area contributed by atoms with Crippen LogP contribution in [0.3, 0.4) is 0 Å². The highest BCUT2D eigenvalue weighted by Gasteiger charge is 2.15. The van der Waals surface area contributed by atoms with Crippen LogP contribution >= 0.6 is 11.6 Å². The lowest BCUT2D eigenvalue weighted by atomic mass is 10.1. The molecular weight excluding hydrogens is 289 g/mol. The number of rotatable bonds is 4. The van der Waals surface area contributed by atoms with Crippen molar-refractivity contribution in [2.45, 2.75) is 26.3 Å². The van der Waals surface area contributed by atoms with Gasteiger partial charge in [0.1, 0.15) is 5.82 Å². The van der Waals surface area contributed by atoms with Crippen LogP contribution in [-0.4, -0.2) is 11.9 Å². The molecule has 0 fully saturated rings. The van der Waals surface area contributed by atoms with Gasteiger partial charge in [0.25, 0.3) is 5.91 Å². The third-order valence-electron chi connectivity index (χ3n) is 3.23. The van der Waals surface area contributed by atoms with Crippen LogP contribution < -0.4 is 5.32 Å². The molecule has 2 aromatic rings. The van der Waals surface area contributed by atoms with Gasteiger partial charge in [-0.25, -0.2) is 4.39 Å². The minimum absolute atomic E-state index is 0.0617. The normalized spacial score (nSPS) is 12.0. The van der Waals surface area contributed by atoms with Crippen LogP contribution in [-0.2, 0) is 6.42 Å². The van der Waals surface area contributed by atoms with E-state index in [0.717, 1.165) is 11.1 Å². The molecule has 0 radical (unpaired) electrons. The Labute approximate surface area is 128 Å². The molecule has 2 rings (SSSR count). The largest absolute Gasteiger partial charge is 0.349 e. The molecule has 2 nitrogen and oxygen atoms in total. The molecule has 1 unspecified atom stereocenters. The Balaban J connectivity index is 2.04. The summed E-state index contributed by atoms with van der Waals surface area (Å²) in [5, 5.41) is 3.46. The van der Waals surface area contributed by atoms with Gasteiger partial charge in [0, 0.05) is 11.1 Å². The summed E-state index contributed by atoms with van der Waals surface area (Å²) in [4.78, 5) is 12.1. The van der Waals surface area contributed by atoms with Crippen LogP contribution in [0.25, 0.3) is 0 Å². The molecule has 0 aliphatic heterocycles. The molecule has 1 amide bonds. The van der Waals surface area contributed by atoms with Crippen molar-refractivity contribution in [1.29, 1.82) is 0 Å². The Bertz CT molecular complexity index is 657. The maximum atomic E-state index is 13.8. The summed E-state index contributed by atoms with van der Waals surface area (Å²) in [5.74, 6) is -0.913. The van der Waals surface area contributed by atoms with E-state index in [1.807, 2.05) is 31.2 Å². The smallest absolute Gasteiger partial charge is 0.254 e. The highest BCUT2D eigenvalue weighted by atomic mass is 35.5. The van der Waals surface area contributed by atoms with Gasteiger partial charge in [-0.15, -0.1) is 0 Å². The first-order valence-electron chi connectivity index (χ1n) is 6.78. The minimum atomic E-state index is -0.502. The second-order valence-electron chi connectivity index (χ2n) is 5.15. The molecule has 0 aliphatic carbocycles. The molecule has 0 heterocycles. The fourth-order valence-electron chi connectivity index (χ4n) is 2.15. The van der Waals surface area contributed by atoms with Crippen molar-refractivity contribution in [1.82, 2.24) is 5.32 Å². The van der Waals surface area contributed by atoms with Gasteiger partial charge in [0.2, 0.25) is 0 Å². The zero-order valence-corrected chi connectivity index (χ0v) is 12.7. The van der Waals surface area contributed by atoms with E-state index in [2.05, 4.69) is 5.32 Å². The van der Waals surface area contributed by atoms with Gasteiger partial charge in [-0.1, -0.05) is 35.9 Å². The fourth-order valence-corrected chi connectivity index (χ4v) is 2.36. The predicted octanol–water partition coefficient (Wildman–Crippen LogP) is 4.15. The molecular formula is C17H17ClFNO. The molecule has 1 N–H and O–H groups in total. The van der Waals surface area contributed by atoms with Crippen LogP contribution in [0.2, 0.25) is 5.02 Å². The molecule has 110 valence electrons. The van der Waals surface area contributed by atoms with Crippen molar-refractivity contribution in [2.75, 3.05) is 0 Å². The molecule has 0 aliphatic rings. The van der Waals surface area contributed by atoms with E-state index in [0.29, 0.717) is 11.4 Å². The highest BCUT2D eigenvalue weighted by molar-refractivity contribution is 6.31. The summed E-state index contributed by atoms with van der Waals surface area (Å²) >= 11 is 6.09. The van der Waals surface area contributed by atoms with Crippen molar-refractivity contribution >= 4 is 17.5 Å². The van der Waals surface area contributed by atoms with Gasteiger partial charge in [-0.2, -0.15) is 0 Å². The first-order chi connectivity index (χ1) is 9.97. The van der Waals surface area contributed by atoms with Gasteiger partial charge >= 0.3 is 0 Å². The molecule has 4 heteroatoms. The quantitative estimate of drug-likeness (QED) is 0.903. The number of nitrogens with one attached hydrogen (secondary N) is 1. The topological polar surface area (TPSA) is 29.1 Å². The number of carbonyl (C=O) groups excluding carboxylic acids is 1. The monoisotopic (exact) mass is 305 g/mol. The molecule has 0 aromatic heterocycles. The number of benzene rings is 2. The van der Waals surface area contributed by atoms with Crippen LogP contribution in [0.5, 0.6) is 0 Å². The number of carbonyl (C=O) groups is 1. The molecule has 1 atom stereocenters. The lowest BCUT2D eigenvalue weighted by Gasteiger charge is -2.15. The van der Waals surface area contributed by atoms with Gasteiger partial charge in [-0.3, -0.25) is 4.79 Å². The van der Waals surface area contributed by atoms with Crippen molar-refractivity contribution in [2.24, 2.45) is 0 Å². The average molecular weight is 306 g/mol. The number of halogens is 2. The van der Waals surface area contributed by atoms with Crippen molar-refractivity contribution in [3.05, 3.63) is 70.0 Å². The van der Waals surface area contributed by atoms with Crippen LogP contribution in [0.15, 0.2) is 42.5 Å². The second kappa shape index (κ2) is 6.72. The van der Waals surface area contributed by atoms with Gasteiger partial charge in [0.15, 0.2) is 0 Å². The maximum absolute atomic E-state index is 13.8. The first-order valence-corrected chi connectivity index (χ1v) is 7.15. The zero-order chi connectivity index (χ0) is 15.4. The Kier molecular flexibility index (Phi) is 4.97. The third kappa shape index (κ3) is 4.05. The Morgan fingerprint density at radius 2 is 2.00 bits per heavy atom. The van der Waals surface area contributed by atoms with Gasteiger partial charge < -0.3 is 5.32 Å². The van der Waals surface area contributed by atoms with E-state index in [4.69, 9.17) is 11.6 Å². The Morgan fingerprint density at radius 1 is 1.29 bits per heavy atom. The standard InChI is InChI=1S/C17H17ClFNO/c1-11-7-8-14(16(19)9-11)17(21)20-12(2)10-13-5-3-4-6-15(13)18/h3-9,12H,10H2,1-2H3,(H,20,21). The van der Waals surface area contributed by atoms with E-state index in [1.165, 1.54) is 12.1 Å². The highest BCUT2D eigenvalue weighted by Crippen LogP contribution is 2.17. The lowest BCUT2D eigenvalue weighted by molar-refractivity contribution is 0.0936. The minimum Gasteiger partial charge on any atom is -0.349 e. The van der Waals surface area contributed by atoms with E-state index in [9.17, 15) is 9.18 Å². The van der Waals surface area contributed by atoms with Crippen molar-refractivity contribution in [3.8, 4) is 0 Å². The average Bonchev–Trinajstić information content (AvgIpc) is 2.41.